The molecule has 8 heteroatoms. The predicted molar refractivity (Wildman–Crippen MR) is 120 cm³/mol. The van der Waals surface area contributed by atoms with Gasteiger partial charge in [-0.3, -0.25) is 9.59 Å². The second kappa shape index (κ2) is 11.8. The largest absolute Gasteiger partial charge is 0.497 e. The molecule has 2 amide bonds. The Balaban J connectivity index is 1.80. The number of methoxy groups -OCH3 is 2. The van der Waals surface area contributed by atoms with Crippen LogP contribution in [0.4, 0.5) is 4.39 Å². The number of hydrogen-bond donors (Lipinski definition) is 0. The summed E-state index contributed by atoms with van der Waals surface area (Å²) < 4.78 is 29.1. The van der Waals surface area contributed by atoms with Gasteiger partial charge in [0, 0.05) is 25.8 Å². The molecule has 0 saturated carbocycles. The van der Waals surface area contributed by atoms with Gasteiger partial charge in [-0.2, -0.15) is 0 Å². The third-order valence-corrected chi connectivity index (χ3v) is 5.06. The Morgan fingerprint density at radius 1 is 0.970 bits per heavy atom. The van der Waals surface area contributed by atoms with E-state index in [0.717, 1.165) is 5.56 Å². The van der Waals surface area contributed by atoms with Crippen LogP contribution in [0.2, 0.25) is 0 Å². The summed E-state index contributed by atoms with van der Waals surface area (Å²) >= 11 is 0. The monoisotopic (exact) mass is 454 g/mol. The molecule has 7 nitrogen and oxygen atoms in total. The lowest BCUT2D eigenvalue weighted by Gasteiger charge is -2.27. The number of carbonyl (C=O) groups is 2. The number of nitrogens with zero attached hydrogens (tertiary/aromatic N) is 2. The number of hydrogen-bond acceptors (Lipinski definition) is 5. The highest BCUT2D eigenvalue weighted by Gasteiger charge is 2.23. The Labute approximate surface area is 192 Å². The highest BCUT2D eigenvalue weighted by molar-refractivity contribution is 5.96. The van der Waals surface area contributed by atoms with E-state index in [1.54, 1.807) is 53.4 Å². The summed E-state index contributed by atoms with van der Waals surface area (Å²) in [6, 6.07) is 16.2. The summed E-state index contributed by atoms with van der Waals surface area (Å²) in [6.45, 7) is 0.823. The van der Waals surface area contributed by atoms with Crippen LogP contribution in [0, 0.1) is 5.82 Å². The fourth-order valence-corrected chi connectivity index (χ4v) is 3.29. The van der Waals surface area contributed by atoms with Crippen LogP contribution in [0.1, 0.15) is 21.7 Å². The van der Waals surface area contributed by atoms with Crippen molar-refractivity contribution in [3.8, 4) is 5.75 Å². The van der Waals surface area contributed by atoms with Crippen molar-refractivity contribution in [2.75, 3.05) is 33.9 Å². The van der Waals surface area contributed by atoms with Gasteiger partial charge in [-0.15, -0.1) is 0 Å². The van der Waals surface area contributed by atoms with E-state index in [2.05, 4.69) is 0 Å². The van der Waals surface area contributed by atoms with Crippen LogP contribution in [0.5, 0.6) is 5.75 Å². The van der Waals surface area contributed by atoms with Crippen molar-refractivity contribution in [3.05, 3.63) is 89.6 Å². The summed E-state index contributed by atoms with van der Waals surface area (Å²) in [5.74, 6) is 0.224. The molecule has 0 atom stereocenters. The highest BCUT2D eigenvalue weighted by Crippen LogP contribution is 2.16. The van der Waals surface area contributed by atoms with Crippen LogP contribution >= 0.6 is 0 Å². The van der Waals surface area contributed by atoms with Gasteiger partial charge in [0.1, 0.15) is 23.9 Å². The van der Waals surface area contributed by atoms with Crippen molar-refractivity contribution < 1.29 is 27.9 Å². The van der Waals surface area contributed by atoms with Crippen molar-refractivity contribution in [2.24, 2.45) is 0 Å². The number of carbonyl (C=O) groups excluding carboxylic acids is 2. The third kappa shape index (κ3) is 6.92. The van der Waals surface area contributed by atoms with Gasteiger partial charge in [0.2, 0.25) is 5.91 Å². The minimum atomic E-state index is -0.350. The number of furan rings is 1. The lowest BCUT2D eigenvalue weighted by atomic mass is 10.1. The Kier molecular flexibility index (Phi) is 8.60. The molecule has 0 fully saturated rings. The molecule has 0 saturated heterocycles. The van der Waals surface area contributed by atoms with E-state index in [0.29, 0.717) is 17.1 Å². The number of halogens is 1. The maximum Gasteiger partial charge on any atom is 0.254 e. The maximum absolute atomic E-state index is 13.3. The molecule has 0 spiro atoms. The minimum absolute atomic E-state index is 0.151. The van der Waals surface area contributed by atoms with E-state index in [4.69, 9.17) is 13.9 Å². The normalized spacial score (nSPS) is 10.6. The third-order valence-electron chi connectivity index (χ3n) is 5.06. The van der Waals surface area contributed by atoms with Gasteiger partial charge in [-0.25, -0.2) is 4.39 Å². The molecule has 0 bridgehead atoms. The molecule has 3 rings (SSSR count). The number of benzene rings is 2. The lowest BCUT2D eigenvalue weighted by molar-refractivity contribution is -0.133. The summed E-state index contributed by atoms with van der Waals surface area (Å²) in [5.41, 5.74) is 1.17. The van der Waals surface area contributed by atoms with E-state index >= 15 is 0 Å². The molecule has 2 aromatic carbocycles. The van der Waals surface area contributed by atoms with Crippen molar-refractivity contribution >= 4 is 11.8 Å². The average Bonchev–Trinajstić information content (AvgIpc) is 3.35. The van der Waals surface area contributed by atoms with E-state index in [1.807, 2.05) is 0 Å². The van der Waals surface area contributed by atoms with Gasteiger partial charge in [-0.1, -0.05) is 18.2 Å². The number of rotatable bonds is 11. The molecule has 3 aromatic rings. The Hall–Kier alpha value is -3.65. The topological polar surface area (TPSA) is 72.2 Å². The summed E-state index contributed by atoms with van der Waals surface area (Å²) in [5, 5.41) is 0. The van der Waals surface area contributed by atoms with Crippen molar-refractivity contribution in [3.63, 3.8) is 0 Å². The fraction of sp³-hybridized carbons (Fsp3) is 0.280. The van der Waals surface area contributed by atoms with Crippen LogP contribution in [-0.4, -0.2) is 55.5 Å². The van der Waals surface area contributed by atoms with Gasteiger partial charge in [0.25, 0.3) is 5.91 Å². The first-order chi connectivity index (χ1) is 16.0. The molecule has 0 aliphatic rings. The van der Waals surface area contributed by atoms with E-state index in [-0.39, 0.29) is 50.4 Å². The molecule has 1 heterocycles. The first-order valence-electron chi connectivity index (χ1n) is 10.5. The van der Waals surface area contributed by atoms with E-state index in [9.17, 15) is 14.0 Å². The Morgan fingerprint density at radius 3 is 2.42 bits per heavy atom. The van der Waals surface area contributed by atoms with Gasteiger partial charge in [0.05, 0.1) is 26.5 Å². The first kappa shape index (κ1) is 24.0. The molecule has 33 heavy (non-hydrogen) atoms. The molecule has 1 aromatic heterocycles. The van der Waals surface area contributed by atoms with Crippen molar-refractivity contribution in [1.29, 1.82) is 0 Å². The zero-order valence-corrected chi connectivity index (χ0v) is 18.7. The van der Waals surface area contributed by atoms with Crippen LogP contribution in [-0.2, 0) is 22.6 Å². The standard InChI is InChI=1S/C25H27FN2O5/c1-31-14-12-27(25(30)20-5-3-6-22(15-20)32-2)18-24(29)28(17-23-7-4-13-33-23)16-19-8-10-21(26)11-9-19/h3-11,13,15H,12,14,16-18H2,1-2H3. The molecular weight excluding hydrogens is 427 g/mol. The van der Waals surface area contributed by atoms with Gasteiger partial charge in [0.15, 0.2) is 0 Å². The zero-order valence-electron chi connectivity index (χ0n) is 18.7. The predicted octanol–water partition coefficient (Wildman–Crippen LogP) is 3.74. The highest BCUT2D eigenvalue weighted by atomic mass is 19.1. The average molecular weight is 454 g/mol. The molecule has 0 aliphatic carbocycles. The summed E-state index contributed by atoms with van der Waals surface area (Å²) in [6.07, 6.45) is 1.53. The van der Waals surface area contributed by atoms with Crippen LogP contribution < -0.4 is 4.74 Å². The molecular formula is C25H27FN2O5. The fourth-order valence-electron chi connectivity index (χ4n) is 3.29. The van der Waals surface area contributed by atoms with Crippen molar-refractivity contribution in [1.82, 2.24) is 9.80 Å². The number of amides is 2. The van der Waals surface area contributed by atoms with E-state index in [1.165, 1.54) is 37.5 Å². The van der Waals surface area contributed by atoms with Crippen LogP contribution in [0.3, 0.4) is 0 Å². The molecule has 0 N–H and O–H groups in total. The SMILES string of the molecule is COCCN(CC(=O)N(Cc1ccc(F)cc1)Cc1ccco1)C(=O)c1cccc(OC)c1. The molecule has 0 radical (unpaired) electrons. The minimum Gasteiger partial charge on any atom is -0.497 e. The van der Waals surface area contributed by atoms with Crippen LogP contribution in [0.25, 0.3) is 0 Å². The zero-order chi connectivity index (χ0) is 23.6. The Bertz CT molecular complexity index is 1040. The smallest absolute Gasteiger partial charge is 0.254 e. The maximum atomic E-state index is 13.3. The lowest BCUT2D eigenvalue weighted by Crippen LogP contribution is -2.43. The van der Waals surface area contributed by atoms with Gasteiger partial charge in [-0.05, 0) is 48.0 Å². The van der Waals surface area contributed by atoms with Crippen LogP contribution in [0.15, 0.2) is 71.3 Å². The first-order valence-corrected chi connectivity index (χ1v) is 10.5. The summed E-state index contributed by atoms with van der Waals surface area (Å²) in [4.78, 5) is 29.5. The Morgan fingerprint density at radius 2 is 1.76 bits per heavy atom. The quantitative estimate of drug-likeness (QED) is 0.441. The van der Waals surface area contributed by atoms with Gasteiger partial charge >= 0.3 is 0 Å². The van der Waals surface area contributed by atoms with E-state index < -0.39 is 0 Å². The second-order valence-corrected chi connectivity index (χ2v) is 7.41. The van der Waals surface area contributed by atoms with Gasteiger partial charge < -0.3 is 23.7 Å². The summed E-state index contributed by atoms with van der Waals surface area (Å²) in [7, 11) is 3.06. The molecule has 0 unspecified atom stereocenters. The second-order valence-electron chi connectivity index (χ2n) is 7.41. The number of ether oxygens (including phenoxy) is 2. The molecule has 174 valence electrons. The van der Waals surface area contributed by atoms with Crippen molar-refractivity contribution in [2.45, 2.75) is 13.1 Å². The molecule has 0 aliphatic heterocycles.